The number of hydrogen-bond acceptors (Lipinski definition) is 3. The molecule has 1 amide bonds. The molecule has 3 nitrogen and oxygen atoms in total. The van der Waals surface area contributed by atoms with Crippen molar-refractivity contribution >= 4 is 17.2 Å². The number of amides is 1. The molecule has 98 valence electrons. The van der Waals surface area contributed by atoms with Crippen LogP contribution >= 0.6 is 11.3 Å². The number of aliphatic hydroxyl groups is 1. The molecule has 1 rings (SSSR count). The summed E-state index contributed by atoms with van der Waals surface area (Å²) in [6, 6.07) is 2.02. The Labute approximate surface area is 112 Å². The number of rotatable bonds is 5. The molecule has 2 N–H and O–H groups in total. The molecule has 0 spiro atoms. The van der Waals surface area contributed by atoms with Crippen LogP contribution in [0.4, 0.5) is 0 Å². The predicted octanol–water partition coefficient (Wildman–Crippen LogP) is 2.40. The van der Waals surface area contributed by atoms with E-state index in [1.165, 1.54) is 11.3 Å². The second-order valence-corrected chi connectivity index (χ2v) is 5.02. The van der Waals surface area contributed by atoms with Crippen molar-refractivity contribution < 1.29 is 9.90 Å². The lowest BCUT2D eigenvalue weighted by atomic mass is 10.2. The maximum absolute atomic E-state index is 12.0. The first-order valence-corrected chi connectivity index (χ1v) is 7.05. The Morgan fingerprint density at radius 1 is 1.61 bits per heavy atom. The fraction of sp³-hybridized carbons (Fsp3) is 0.500. The molecule has 4 heteroatoms. The Morgan fingerprint density at radius 2 is 2.39 bits per heavy atom. The molecule has 0 aliphatic rings. The van der Waals surface area contributed by atoms with Crippen molar-refractivity contribution in [3.05, 3.63) is 21.9 Å². The summed E-state index contributed by atoms with van der Waals surface area (Å²) in [6.45, 7) is 4.15. The third-order valence-corrected chi connectivity index (χ3v) is 3.34. The first-order valence-electron chi connectivity index (χ1n) is 6.17. The summed E-state index contributed by atoms with van der Waals surface area (Å²) in [5, 5.41) is 13.5. The molecule has 0 bridgehead atoms. The highest BCUT2D eigenvalue weighted by Gasteiger charge is 2.13. The normalized spacial score (nSPS) is 11.5. The highest BCUT2D eigenvalue weighted by Crippen LogP contribution is 2.16. The van der Waals surface area contributed by atoms with Gasteiger partial charge in [0.2, 0.25) is 0 Å². The quantitative estimate of drug-likeness (QED) is 0.803. The van der Waals surface area contributed by atoms with Crippen LogP contribution in [0.5, 0.6) is 0 Å². The van der Waals surface area contributed by atoms with Gasteiger partial charge >= 0.3 is 0 Å². The van der Waals surface area contributed by atoms with E-state index in [9.17, 15) is 4.79 Å². The number of carbonyl (C=O) groups excluding carboxylic acids is 1. The highest BCUT2D eigenvalue weighted by molar-refractivity contribution is 7.12. The lowest BCUT2D eigenvalue weighted by Crippen LogP contribution is -2.32. The fourth-order valence-corrected chi connectivity index (χ4v) is 2.34. The van der Waals surface area contributed by atoms with Crippen LogP contribution in [-0.4, -0.2) is 23.7 Å². The zero-order chi connectivity index (χ0) is 13.4. The zero-order valence-corrected chi connectivity index (χ0v) is 11.6. The van der Waals surface area contributed by atoms with Crippen molar-refractivity contribution in [2.45, 2.75) is 39.2 Å². The number of nitrogens with one attached hydrogen (secondary N) is 1. The van der Waals surface area contributed by atoms with E-state index in [4.69, 9.17) is 5.11 Å². The maximum Gasteiger partial charge on any atom is 0.262 e. The van der Waals surface area contributed by atoms with Gasteiger partial charge in [-0.3, -0.25) is 4.79 Å². The molecule has 0 saturated heterocycles. The van der Waals surface area contributed by atoms with E-state index in [0.29, 0.717) is 11.3 Å². The van der Waals surface area contributed by atoms with Crippen molar-refractivity contribution in [3.8, 4) is 11.8 Å². The average Bonchev–Trinajstić information content (AvgIpc) is 2.78. The molecule has 0 aromatic carbocycles. The summed E-state index contributed by atoms with van der Waals surface area (Å²) < 4.78 is 0. The van der Waals surface area contributed by atoms with Crippen LogP contribution in [0.1, 0.15) is 48.3 Å². The van der Waals surface area contributed by atoms with E-state index in [0.717, 1.165) is 18.4 Å². The number of carbonyl (C=O) groups is 1. The van der Waals surface area contributed by atoms with Crippen LogP contribution in [0.2, 0.25) is 0 Å². The van der Waals surface area contributed by atoms with Crippen LogP contribution in [0.3, 0.4) is 0 Å². The summed E-state index contributed by atoms with van der Waals surface area (Å²) in [6.07, 6.45) is 2.46. The number of aliphatic hydroxyl groups excluding tert-OH is 1. The molecule has 0 radical (unpaired) electrons. The van der Waals surface area contributed by atoms with Gasteiger partial charge in [0.25, 0.3) is 5.91 Å². The van der Waals surface area contributed by atoms with Crippen molar-refractivity contribution in [3.63, 3.8) is 0 Å². The molecule has 1 unspecified atom stereocenters. The molecular weight excluding hydrogens is 246 g/mol. The fourth-order valence-electron chi connectivity index (χ4n) is 1.59. The Balaban J connectivity index is 2.69. The summed E-state index contributed by atoms with van der Waals surface area (Å²) in [5.74, 6) is 5.70. The molecule has 0 aliphatic carbocycles. The van der Waals surface area contributed by atoms with Gasteiger partial charge in [0.1, 0.15) is 4.88 Å². The smallest absolute Gasteiger partial charge is 0.262 e. The topological polar surface area (TPSA) is 49.3 Å². The summed E-state index contributed by atoms with van der Waals surface area (Å²) >= 11 is 1.40. The Hall–Kier alpha value is -1.31. The Kier molecular flexibility index (Phi) is 6.48. The molecule has 0 fully saturated rings. The lowest BCUT2D eigenvalue weighted by Gasteiger charge is -2.11. The van der Waals surface area contributed by atoms with Gasteiger partial charge in [-0.1, -0.05) is 25.2 Å². The molecule has 1 aromatic rings. The molecule has 18 heavy (non-hydrogen) atoms. The average molecular weight is 265 g/mol. The molecule has 1 aromatic heterocycles. The van der Waals surface area contributed by atoms with Crippen molar-refractivity contribution in [1.29, 1.82) is 0 Å². The maximum atomic E-state index is 12.0. The summed E-state index contributed by atoms with van der Waals surface area (Å²) in [4.78, 5) is 12.7. The molecular formula is C14H19NO2S. The second kappa shape index (κ2) is 7.91. The third kappa shape index (κ3) is 4.52. The van der Waals surface area contributed by atoms with Crippen molar-refractivity contribution in [2.24, 2.45) is 0 Å². The van der Waals surface area contributed by atoms with Gasteiger partial charge in [0.05, 0.1) is 6.61 Å². The van der Waals surface area contributed by atoms with Crippen LogP contribution in [0.25, 0.3) is 0 Å². The minimum atomic E-state index is -0.0563. The number of hydrogen-bond donors (Lipinski definition) is 2. The third-order valence-electron chi connectivity index (χ3n) is 2.43. The van der Waals surface area contributed by atoms with Crippen LogP contribution in [-0.2, 0) is 0 Å². The largest absolute Gasteiger partial charge is 0.395 e. The van der Waals surface area contributed by atoms with Crippen LogP contribution < -0.4 is 5.32 Å². The van der Waals surface area contributed by atoms with Crippen LogP contribution in [0, 0.1) is 11.8 Å². The van der Waals surface area contributed by atoms with E-state index in [2.05, 4.69) is 24.1 Å². The highest BCUT2D eigenvalue weighted by atomic mass is 32.1. The van der Waals surface area contributed by atoms with Gasteiger partial charge in [-0.2, -0.15) is 0 Å². The van der Waals surface area contributed by atoms with Crippen LogP contribution in [0.15, 0.2) is 11.4 Å². The van der Waals surface area contributed by atoms with Crippen molar-refractivity contribution in [2.75, 3.05) is 6.61 Å². The lowest BCUT2D eigenvalue weighted by molar-refractivity contribution is 0.0942. The number of thiophene rings is 1. The second-order valence-electron chi connectivity index (χ2n) is 4.10. The van der Waals surface area contributed by atoms with Gasteiger partial charge in [0.15, 0.2) is 0 Å². The van der Waals surface area contributed by atoms with Gasteiger partial charge in [-0.25, -0.2) is 0 Å². The summed E-state index contributed by atoms with van der Waals surface area (Å²) in [5.41, 5.74) is 0.745. The molecule has 0 saturated carbocycles. The first kappa shape index (κ1) is 14.7. The van der Waals surface area contributed by atoms with E-state index < -0.39 is 0 Å². The van der Waals surface area contributed by atoms with Gasteiger partial charge < -0.3 is 10.4 Å². The summed E-state index contributed by atoms with van der Waals surface area (Å²) in [7, 11) is 0. The molecule has 0 aliphatic heterocycles. The Morgan fingerprint density at radius 3 is 3.06 bits per heavy atom. The van der Waals surface area contributed by atoms with E-state index in [-0.39, 0.29) is 18.6 Å². The van der Waals surface area contributed by atoms with Crippen molar-refractivity contribution in [1.82, 2.24) is 5.32 Å². The van der Waals surface area contributed by atoms with Gasteiger partial charge in [0, 0.05) is 18.0 Å². The molecule has 1 atom stereocenters. The Bertz CT molecular complexity index is 442. The minimum Gasteiger partial charge on any atom is -0.395 e. The monoisotopic (exact) mass is 265 g/mol. The van der Waals surface area contributed by atoms with Gasteiger partial charge in [-0.15, -0.1) is 11.3 Å². The van der Waals surface area contributed by atoms with E-state index >= 15 is 0 Å². The zero-order valence-electron chi connectivity index (χ0n) is 10.8. The minimum absolute atomic E-state index is 0.0478. The first-order chi connectivity index (χ1) is 8.69. The van der Waals surface area contributed by atoms with Gasteiger partial charge in [-0.05, 0) is 24.8 Å². The van der Waals surface area contributed by atoms with E-state index in [1.54, 1.807) is 0 Å². The standard InChI is InChI=1S/C14H19NO2S/c1-3-6-11(2)15-14(17)13-12(8-10-18-13)7-4-5-9-16/h8,10-11,16H,3,5-6,9H2,1-2H3,(H,15,17). The predicted molar refractivity (Wildman–Crippen MR) is 74.7 cm³/mol. The molecule has 1 heterocycles. The SMILES string of the molecule is CCCC(C)NC(=O)c1sccc1C#CCCO. The van der Waals surface area contributed by atoms with E-state index in [1.807, 2.05) is 18.4 Å².